The molecule has 4 aromatic carbocycles. The molecule has 0 amide bonds. The molecule has 6 heteroatoms. The Labute approximate surface area is 221 Å². The Bertz CT molecular complexity index is 1590. The van der Waals surface area contributed by atoms with Crippen molar-refractivity contribution < 1.29 is 14.2 Å². The predicted molar refractivity (Wildman–Crippen MR) is 152 cm³/mol. The Balaban J connectivity index is 1.51. The minimum atomic E-state index is -0.306. The third-order valence-corrected chi connectivity index (χ3v) is 7.01. The van der Waals surface area contributed by atoms with Gasteiger partial charge in [-0.1, -0.05) is 54.6 Å². The summed E-state index contributed by atoms with van der Waals surface area (Å²) in [5, 5.41) is 4.76. The van der Waals surface area contributed by atoms with Crippen LogP contribution in [-0.4, -0.2) is 31.5 Å². The summed E-state index contributed by atoms with van der Waals surface area (Å²) in [5.41, 5.74) is 5.86. The van der Waals surface area contributed by atoms with Gasteiger partial charge in [0.15, 0.2) is 0 Å². The summed E-state index contributed by atoms with van der Waals surface area (Å²) in [5.74, 6) is 2.21. The van der Waals surface area contributed by atoms with E-state index in [2.05, 4.69) is 46.8 Å². The van der Waals surface area contributed by atoms with Crippen LogP contribution in [0.2, 0.25) is 0 Å². The number of para-hydroxylation sites is 5. The van der Waals surface area contributed by atoms with E-state index in [4.69, 9.17) is 19.2 Å². The zero-order valence-corrected chi connectivity index (χ0v) is 21.3. The molecule has 0 aliphatic carbocycles. The predicted octanol–water partition coefficient (Wildman–Crippen LogP) is 7.17. The molecule has 190 valence electrons. The van der Waals surface area contributed by atoms with E-state index in [0.29, 0.717) is 6.54 Å². The van der Waals surface area contributed by atoms with Crippen molar-refractivity contribution in [3.63, 3.8) is 0 Å². The van der Waals surface area contributed by atoms with Crippen LogP contribution in [0, 0.1) is 5.92 Å². The minimum Gasteiger partial charge on any atom is -0.497 e. The number of aromatic amines is 1. The van der Waals surface area contributed by atoms with Crippen molar-refractivity contribution in [3.05, 3.63) is 114 Å². The van der Waals surface area contributed by atoms with E-state index in [1.165, 1.54) is 0 Å². The normalized spacial score (nSPS) is 16.6. The minimum absolute atomic E-state index is 0.139. The Hall–Kier alpha value is -4.71. The van der Waals surface area contributed by atoms with Crippen LogP contribution in [0.5, 0.6) is 17.2 Å². The number of benzene rings is 4. The molecule has 6 rings (SSSR count). The van der Waals surface area contributed by atoms with Gasteiger partial charge in [0.1, 0.15) is 29.0 Å². The maximum absolute atomic E-state index is 6.78. The fourth-order valence-electron chi connectivity index (χ4n) is 5.08. The van der Waals surface area contributed by atoms with E-state index in [1.807, 2.05) is 66.7 Å². The maximum atomic E-state index is 6.78. The SMILES string of the molecule is COc1ccc(C2Oc3ccccc3N=C(c3c[nH]c4ccccc34)C2CNc2ccccc2OC)cc1. The number of rotatable bonds is 7. The molecule has 0 bridgehead atoms. The number of ether oxygens (including phenoxy) is 3. The molecular weight excluding hydrogens is 474 g/mol. The number of hydrogen-bond donors (Lipinski definition) is 2. The highest BCUT2D eigenvalue weighted by molar-refractivity contribution is 6.13. The van der Waals surface area contributed by atoms with Crippen molar-refractivity contribution in [2.24, 2.45) is 10.9 Å². The van der Waals surface area contributed by atoms with Crippen LogP contribution in [0.1, 0.15) is 17.2 Å². The first-order valence-electron chi connectivity index (χ1n) is 12.7. The van der Waals surface area contributed by atoms with Gasteiger partial charge in [0, 0.05) is 29.2 Å². The van der Waals surface area contributed by atoms with Gasteiger partial charge in [0.25, 0.3) is 0 Å². The summed E-state index contributed by atoms with van der Waals surface area (Å²) in [6, 6.07) is 32.3. The molecule has 38 heavy (non-hydrogen) atoms. The molecule has 1 aliphatic heterocycles. The van der Waals surface area contributed by atoms with Crippen LogP contribution in [0.15, 0.2) is 108 Å². The van der Waals surface area contributed by atoms with Crippen LogP contribution >= 0.6 is 0 Å². The first kappa shape index (κ1) is 23.7. The number of aliphatic imine (C=N–C) groups is 1. The van der Waals surface area contributed by atoms with Gasteiger partial charge in [-0.3, -0.25) is 0 Å². The number of fused-ring (bicyclic) bond motifs is 2. The molecule has 0 saturated carbocycles. The van der Waals surface area contributed by atoms with E-state index in [0.717, 1.165) is 56.4 Å². The van der Waals surface area contributed by atoms with Gasteiger partial charge in [-0.05, 0) is 48.0 Å². The van der Waals surface area contributed by atoms with E-state index >= 15 is 0 Å². The van der Waals surface area contributed by atoms with Crippen molar-refractivity contribution in [2.75, 3.05) is 26.1 Å². The van der Waals surface area contributed by atoms with E-state index in [-0.39, 0.29) is 12.0 Å². The van der Waals surface area contributed by atoms with Crippen LogP contribution in [0.4, 0.5) is 11.4 Å². The molecular formula is C32H29N3O3. The molecule has 2 heterocycles. The zero-order chi connectivity index (χ0) is 25.9. The first-order chi connectivity index (χ1) is 18.7. The summed E-state index contributed by atoms with van der Waals surface area (Å²) >= 11 is 0. The average Bonchev–Trinajstić information content (AvgIpc) is 3.33. The van der Waals surface area contributed by atoms with Gasteiger partial charge in [-0.25, -0.2) is 4.99 Å². The van der Waals surface area contributed by atoms with E-state index < -0.39 is 0 Å². The Kier molecular flexibility index (Phi) is 6.44. The topological polar surface area (TPSA) is 67.9 Å². The summed E-state index contributed by atoms with van der Waals surface area (Å²) in [6.07, 6.45) is 1.75. The third-order valence-electron chi connectivity index (χ3n) is 7.01. The van der Waals surface area contributed by atoms with Gasteiger partial charge >= 0.3 is 0 Å². The van der Waals surface area contributed by atoms with Crippen molar-refractivity contribution in [3.8, 4) is 17.2 Å². The number of aromatic nitrogens is 1. The molecule has 1 aromatic heterocycles. The van der Waals surface area contributed by atoms with Gasteiger partial charge in [-0.15, -0.1) is 0 Å². The highest BCUT2D eigenvalue weighted by Crippen LogP contribution is 2.42. The molecule has 0 fully saturated rings. The lowest BCUT2D eigenvalue weighted by molar-refractivity contribution is 0.176. The van der Waals surface area contributed by atoms with Crippen molar-refractivity contribution >= 4 is 28.0 Å². The first-order valence-corrected chi connectivity index (χ1v) is 12.7. The second kappa shape index (κ2) is 10.3. The monoisotopic (exact) mass is 503 g/mol. The van der Waals surface area contributed by atoms with Crippen molar-refractivity contribution in [1.82, 2.24) is 4.98 Å². The van der Waals surface area contributed by atoms with Crippen molar-refractivity contribution in [1.29, 1.82) is 0 Å². The summed E-state index contributed by atoms with van der Waals surface area (Å²) in [6.45, 7) is 0.573. The number of methoxy groups -OCH3 is 2. The average molecular weight is 504 g/mol. The molecule has 5 aromatic rings. The maximum Gasteiger partial charge on any atom is 0.145 e. The smallest absolute Gasteiger partial charge is 0.145 e. The Morgan fingerprint density at radius 3 is 2.45 bits per heavy atom. The highest BCUT2D eigenvalue weighted by Gasteiger charge is 2.35. The number of hydrogen-bond acceptors (Lipinski definition) is 5. The molecule has 2 N–H and O–H groups in total. The third kappa shape index (κ3) is 4.45. The molecule has 1 aliphatic rings. The lowest BCUT2D eigenvalue weighted by atomic mass is 9.87. The second-order valence-electron chi connectivity index (χ2n) is 9.21. The number of H-pyrrole nitrogens is 1. The van der Waals surface area contributed by atoms with E-state index in [1.54, 1.807) is 14.2 Å². The molecule has 0 saturated heterocycles. The standard InChI is InChI=1S/C32H29N3O3/c1-36-22-17-15-21(16-18-22)32-25(20-34-27-11-5-7-13-29(27)37-2)31(35-28-12-6-8-14-30(28)38-32)24-19-33-26-10-4-3-9-23(24)26/h3-19,25,32-34H,20H2,1-2H3. The summed E-state index contributed by atoms with van der Waals surface area (Å²) < 4.78 is 17.8. The van der Waals surface area contributed by atoms with Gasteiger partial charge < -0.3 is 24.5 Å². The molecule has 0 radical (unpaired) electrons. The largest absolute Gasteiger partial charge is 0.497 e. The summed E-state index contributed by atoms with van der Waals surface area (Å²) in [7, 11) is 3.36. The molecule has 2 atom stereocenters. The van der Waals surface area contributed by atoms with Crippen LogP contribution < -0.4 is 19.5 Å². The lowest BCUT2D eigenvalue weighted by Gasteiger charge is -2.28. The number of nitrogens with zero attached hydrogens (tertiary/aromatic N) is 1. The molecule has 6 nitrogen and oxygen atoms in total. The number of anilines is 1. The molecule has 0 spiro atoms. The van der Waals surface area contributed by atoms with Gasteiger partial charge in [0.2, 0.25) is 0 Å². The summed E-state index contributed by atoms with van der Waals surface area (Å²) in [4.78, 5) is 8.69. The quantitative estimate of drug-likeness (QED) is 0.247. The fourth-order valence-corrected chi connectivity index (χ4v) is 5.08. The second-order valence-corrected chi connectivity index (χ2v) is 9.21. The van der Waals surface area contributed by atoms with Crippen LogP contribution in [0.3, 0.4) is 0 Å². The Morgan fingerprint density at radius 2 is 1.61 bits per heavy atom. The highest BCUT2D eigenvalue weighted by atomic mass is 16.5. The molecule has 2 unspecified atom stereocenters. The Morgan fingerprint density at radius 1 is 0.842 bits per heavy atom. The lowest BCUT2D eigenvalue weighted by Crippen LogP contribution is -2.32. The zero-order valence-electron chi connectivity index (χ0n) is 21.3. The number of nitrogens with one attached hydrogen (secondary N) is 2. The van der Waals surface area contributed by atoms with Gasteiger partial charge in [0.05, 0.1) is 31.5 Å². The van der Waals surface area contributed by atoms with Crippen molar-refractivity contribution in [2.45, 2.75) is 6.10 Å². The van der Waals surface area contributed by atoms with Crippen LogP contribution in [0.25, 0.3) is 10.9 Å². The van der Waals surface area contributed by atoms with E-state index in [9.17, 15) is 0 Å². The van der Waals surface area contributed by atoms with Crippen LogP contribution in [-0.2, 0) is 0 Å². The van der Waals surface area contributed by atoms with Gasteiger partial charge in [-0.2, -0.15) is 0 Å². The fraction of sp³-hybridized carbons (Fsp3) is 0.156.